The molecule has 0 bridgehead atoms. The Hall–Kier alpha value is -2.66. The Morgan fingerprint density at radius 2 is 1.46 bits per heavy atom. The smallest absolute Gasteiger partial charge is 0.240 e. The minimum atomic E-state index is -4.46. The van der Waals surface area contributed by atoms with E-state index >= 15 is 0 Å². The molecule has 13 heteroatoms. The number of nitrogens with one attached hydrogen (secondary N) is 1. The molecule has 0 saturated carbocycles. The van der Waals surface area contributed by atoms with Crippen molar-refractivity contribution in [2.45, 2.75) is 9.79 Å². The fourth-order valence-corrected chi connectivity index (χ4v) is 3.38. The second-order valence-corrected chi connectivity index (χ2v) is 7.55. The highest BCUT2D eigenvalue weighted by atomic mass is 35.5. The summed E-state index contributed by atoms with van der Waals surface area (Å²) in [5.41, 5.74) is -1.62. The molecule has 0 spiro atoms. The zero-order chi connectivity index (χ0) is 18.7. The monoisotopic (exact) mass is 386 g/mol. The maximum atomic E-state index is 11.7. The van der Waals surface area contributed by atoms with Gasteiger partial charge in [0.1, 0.15) is 33.7 Å². The number of nitriles is 3. The fourth-order valence-electron chi connectivity index (χ4n) is 1.50. The number of hydrogen-bond donors (Lipinski definition) is 3. The van der Waals surface area contributed by atoms with Crippen LogP contribution in [0.4, 0.5) is 5.69 Å². The summed E-state index contributed by atoms with van der Waals surface area (Å²) < 4.78 is 46.1. The molecule has 0 aliphatic heterocycles. The topological polar surface area (TPSA) is 204 Å². The lowest BCUT2D eigenvalue weighted by Crippen LogP contribution is -2.18. The zero-order valence-electron chi connectivity index (χ0n) is 11.5. The minimum Gasteiger partial charge on any atom is -0.344 e. The van der Waals surface area contributed by atoms with Crippen LogP contribution in [0, 0.1) is 34.0 Å². The summed E-state index contributed by atoms with van der Waals surface area (Å²) in [5, 5.41) is 38.2. The van der Waals surface area contributed by atoms with Crippen LogP contribution in [-0.4, -0.2) is 16.8 Å². The Morgan fingerprint density at radius 3 is 1.83 bits per heavy atom. The van der Waals surface area contributed by atoms with Crippen molar-refractivity contribution < 1.29 is 16.8 Å². The molecule has 0 heterocycles. The number of nitrogens with two attached hydrogens (primary N) is 2. The van der Waals surface area contributed by atoms with E-state index in [1.807, 2.05) is 0 Å². The van der Waals surface area contributed by atoms with E-state index < -0.39 is 51.8 Å². The van der Waals surface area contributed by atoms with E-state index in [0.29, 0.717) is 6.07 Å². The van der Waals surface area contributed by atoms with Crippen LogP contribution in [0.15, 0.2) is 33.2 Å². The van der Waals surface area contributed by atoms with Crippen molar-refractivity contribution in [3.63, 3.8) is 0 Å². The van der Waals surface area contributed by atoms with Crippen LogP contribution >= 0.6 is 11.6 Å². The highest BCUT2D eigenvalue weighted by Crippen LogP contribution is 2.31. The van der Waals surface area contributed by atoms with Gasteiger partial charge in [0.25, 0.3) is 0 Å². The lowest BCUT2D eigenvalue weighted by Gasteiger charge is -2.12. The molecule has 1 aromatic rings. The summed E-state index contributed by atoms with van der Waals surface area (Å²) in [6.07, 6.45) is 0. The molecule has 24 heavy (non-hydrogen) atoms. The van der Waals surface area contributed by atoms with Crippen molar-refractivity contribution in [1.29, 1.82) is 15.8 Å². The van der Waals surface area contributed by atoms with Crippen LogP contribution in [0.5, 0.6) is 0 Å². The van der Waals surface area contributed by atoms with Gasteiger partial charge >= 0.3 is 0 Å². The summed E-state index contributed by atoms with van der Waals surface area (Å²) in [6.45, 7) is 0. The molecule has 0 unspecified atom stereocenters. The number of halogens is 1. The Labute approximate surface area is 142 Å². The predicted octanol–water partition coefficient (Wildman–Crippen LogP) is -0.128. The number of nitrogens with zero attached hydrogens (tertiary/aromatic N) is 3. The molecule has 10 nitrogen and oxygen atoms in total. The number of rotatable bonds is 4. The largest absolute Gasteiger partial charge is 0.344 e. The van der Waals surface area contributed by atoms with E-state index in [2.05, 4.69) is 5.32 Å². The van der Waals surface area contributed by atoms with Gasteiger partial charge < -0.3 is 5.32 Å². The Bertz CT molecular complexity index is 1060. The zero-order valence-corrected chi connectivity index (χ0v) is 13.9. The quantitative estimate of drug-likeness (QED) is 0.592. The maximum Gasteiger partial charge on any atom is 0.240 e. The average molecular weight is 387 g/mol. The number of sulfonamides is 2. The Kier molecular flexibility index (Phi) is 5.53. The molecule has 0 aliphatic carbocycles. The molecule has 124 valence electrons. The van der Waals surface area contributed by atoms with Gasteiger partial charge in [0, 0.05) is 0 Å². The molecule has 0 amide bonds. The van der Waals surface area contributed by atoms with Crippen LogP contribution in [0.3, 0.4) is 0 Å². The summed E-state index contributed by atoms with van der Waals surface area (Å²) in [6, 6.07) is 5.81. The third-order valence-electron chi connectivity index (χ3n) is 2.49. The van der Waals surface area contributed by atoms with Crippen LogP contribution in [-0.2, 0) is 20.0 Å². The van der Waals surface area contributed by atoms with Crippen molar-refractivity contribution in [1.82, 2.24) is 0 Å². The number of benzene rings is 1. The van der Waals surface area contributed by atoms with Gasteiger partial charge in [-0.3, -0.25) is 0 Å². The number of hydrogen-bond acceptors (Lipinski definition) is 8. The Morgan fingerprint density at radius 1 is 0.958 bits per heavy atom. The van der Waals surface area contributed by atoms with E-state index in [4.69, 9.17) is 37.7 Å². The number of primary sulfonamides is 2. The first kappa shape index (κ1) is 19.4. The molecule has 0 atom stereocenters. The third-order valence-corrected chi connectivity index (χ3v) is 4.82. The number of anilines is 1. The van der Waals surface area contributed by atoms with Gasteiger partial charge in [-0.15, -0.1) is 0 Å². The molecule has 1 aromatic carbocycles. The van der Waals surface area contributed by atoms with Crippen LogP contribution in [0.2, 0.25) is 5.02 Å². The summed E-state index contributed by atoms with van der Waals surface area (Å²) in [4.78, 5) is -1.46. The third kappa shape index (κ3) is 4.20. The second-order valence-electron chi connectivity index (χ2n) is 4.08. The van der Waals surface area contributed by atoms with Crippen LogP contribution < -0.4 is 15.6 Å². The molecule has 5 N–H and O–H groups in total. The molecule has 1 rings (SSSR count). The normalized spacial score (nSPS) is 10.8. The van der Waals surface area contributed by atoms with Crippen molar-refractivity contribution in [2.24, 2.45) is 10.3 Å². The molecule has 0 saturated heterocycles. The van der Waals surface area contributed by atoms with E-state index in [-0.39, 0.29) is 0 Å². The molecule has 0 aliphatic rings. The fraction of sp³-hybridized carbons (Fsp3) is 0. The lowest BCUT2D eigenvalue weighted by atomic mass is 10.2. The van der Waals surface area contributed by atoms with Crippen molar-refractivity contribution in [2.75, 3.05) is 5.32 Å². The summed E-state index contributed by atoms with van der Waals surface area (Å²) in [5.74, 6) is 0. The standard InChI is InChI=1S/C11H7ClN6O4S2/c12-7-1-8(18-9(5-15)6(3-13)4-14)11(24(17,21)22)2-10(7)23(16,19)20/h1-2,18H,(H2,16,19,20)(H2,17,21,22). The van der Waals surface area contributed by atoms with Crippen LogP contribution in [0.25, 0.3) is 0 Å². The first-order valence-corrected chi connectivity index (χ1v) is 9.03. The molecule has 0 fully saturated rings. The van der Waals surface area contributed by atoms with E-state index in [9.17, 15) is 16.8 Å². The minimum absolute atomic E-state index is 0.408. The maximum absolute atomic E-state index is 11.7. The van der Waals surface area contributed by atoms with Crippen LogP contribution in [0.1, 0.15) is 0 Å². The highest BCUT2D eigenvalue weighted by molar-refractivity contribution is 7.90. The highest BCUT2D eigenvalue weighted by Gasteiger charge is 2.23. The average Bonchev–Trinajstić information content (AvgIpc) is 2.44. The lowest BCUT2D eigenvalue weighted by molar-refractivity contribution is 0.596. The second kappa shape index (κ2) is 6.84. The van der Waals surface area contributed by atoms with Gasteiger partial charge in [0.05, 0.1) is 10.7 Å². The van der Waals surface area contributed by atoms with Gasteiger partial charge in [0.15, 0.2) is 5.57 Å². The van der Waals surface area contributed by atoms with Gasteiger partial charge in [-0.2, -0.15) is 15.8 Å². The van der Waals surface area contributed by atoms with E-state index in [1.165, 1.54) is 18.2 Å². The van der Waals surface area contributed by atoms with Gasteiger partial charge in [-0.25, -0.2) is 27.1 Å². The SMILES string of the molecule is N#CC(C#N)=C(C#N)Nc1cc(Cl)c(S(N)(=O)=O)cc1S(N)(=O)=O. The molecular weight excluding hydrogens is 380 g/mol. The van der Waals surface area contributed by atoms with Gasteiger partial charge in [0.2, 0.25) is 20.0 Å². The van der Waals surface area contributed by atoms with Gasteiger partial charge in [-0.05, 0) is 12.1 Å². The Balaban J connectivity index is 3.78. The van der Waals surface area contributed by atoms with E-state index in [0.717, 1.165) is 6.07 Å². The van der Waals surface area contributed by atoms with E-state index in [1.54, 1.807) is 0 Å². The molecular formula is C11H7ClN6O4S2. The van der Waals surface area contributed by atoms with Crippen molar-refractivity contribution in [3.05, 3.63) is 28.4 Å². The first-order valence-electron chi connectivity index (χ1n) is 5.56. The van der Waals surface area contributed by atoms with Crippen molar-refractivity contribution >= 4 is 37.3 Å². The van der Waals surface area contributed by atoms with Crippen molar-refractivity contribution in [3.8, 4) is 18.2 Å². The molecule has 0 aromatic heterocycles. The first-order chi connectivity index (χ1) is 11.0. The van der Waals surface area contributed by atoms with Gasteiger partial charge in [-0.1, -0.05) is 11.6 Å². The summed E-state index contributed by atoms with van der Waals surface area (Å²) >= 11 is 5.75. The molecule has 0 radical (unpaired) electrons. The predicted molar refractivity (Wildman–Crippen MR) is 81.7 cm³/mol. The summed E-state index contributed by atoms with van der Waals surface area (Å²) in [7, 11) is -8.82. The number of allylic oxidation sites excluding steroid dienone is 2.